The molecular formula is C24H43N3O5S. The van der Waals surface area contributed by atoms with E-state index in [1.54, 1.807) is 25.7 Å². The van der Waals surface area contributed by atoms with Gasteiger partial charge in [0.05, 0.1) is 16.0 Å². The molecule has 0 aromatic carbocycles. The SMILES string of the molecule is CC[C@@H]1CC(C=O)N(C(=O)C(NC(=O)NC2CCCCC2S(=O)(=O)C(C)(C)C)C(C)(C)C)C1. The van der Waals surface area contributed by atoms with E-state index < -0.39 is 49.4 Å². The lowest BCUT2D eigenvalue weighted by atomic mass is 9.85. The summed E-state index contributed by atoms with van der Waals surface area (Å²) in [5.74, 6) is -0.00240. The van der Waals surface area contributed by atoms with Gasteiger partial charge in [0.15, 0.2) is 9.84 Å². The summed E-state index contributed by atoms with van der Waals surface area (Å²) in [4.78, 5) is 39.6. The quantitative estimate of drug-likeness (QED) is 0.562. The van der Waals surface area contributed by atoms with Crippen LogP contribution in [-0.4, -0.2) is 66.2 Å². The molecule has 0 aromatic rings. The minimum Gasteiger partial charge on any atom is -0.334 e. The fourth-order valence-corrected chi connectivity index (χ4v) is 6.90. The van der Waals surface area contributed by atoms with Crippen molar-refractivity contribution in [2.24, 2.45) is 11.3 Å². The summed E-state index contributed by atoms with van der Waals surface area (Å²) in [7, 11) is -3.46. The third-order valence-electron chi connectivity index (χ3n) is 7.11. The van der Waals surface area contributed by atoms with Crippen LogP contribution in [-0.2, 0) is 19.4 Å². The standard InChI is InChI=1S/C24H43N3O5S/c1-8-16-13-17(15-28)27(14-16)21(29)20(23(2,3)4)26-22(30)25-18-11-9-10-12-19(18)33(31,32)24(5,6)7/h15-20H,8-14H2,1-7H3,(H2,25,26,30)/t16-,17?,18?,19?,20?/m1/s1. The first-order chi connectivity index (χ1) is 15.1. The van der Waals surface area contributed by atoms with Crippen molar-refractivity contribution in [2.75, 3.05) is 6.54 Å². The molecule has 0 spiro atoms. The molecule has 33 heavy (non-hydrogen) atoms. The molecule has 1 aliphatic carbocycles. The number of sulfone groups is 1. The first kappa shape index (κ1) is 27.6. The van der Waals surface area contributed by atoms with Crippen LogP contribution in [0.3, 0.4) is 0 Å². The van der Waals surface area contributed by atoms with E-state index in [2.05, 4.69) is 10.6 Å². The summed E-state index contributed by atoms with van der Waals surface area (Å²) in [5, 5.41) is 5.04. The third kappa shape index (κ3) is 6.28. The van der Waals surface area contributed by atoms with Crippen LogP contribution >= 0.6 is 0 Å². The predicted molar refractivity (Wildman–Crippen MR) is 130 cm³/mol. The van der Waals surface area contributed by atoms with Crippen LogP contribution < -0.4 is 10.6 Å². The number of carbonyl (C=O) groups excluding carboxylic acids is 3. The number of hydrogen-bond donors (Lipinski definition) is 2. The first-order valence-electron chi connectivity index (χ1n) is 12.2. The summed E-state index contributed by atoms with van der Waals surface area (Å²) >= 11 is 0. The molecule has 4 unspecified atom stereocenters. The van der Waals surface area contributed by atoms with Crippen LogP contribution in [0.1, 0.15) is 87.0 Å². The Hall–Kier alpha value is -1.64. The second-order valence-corrected chi connectivity index (χ2v) is 14.6. The Balaban J connectivity index is 2.18. The number of aldehydes is 1. The fraction of sp³-hybridized carbons (Fsp3) is 0.875. The summed E-state index contributed by atoms with van der Waals surface area (Å²) in [6.45, 7) is 13.2. The van der Waals surface area contributed by atoms with Crippen molar-refractivity contribution < 1.29 is 22.8 Å². The van der Waals surface area contributed by atoms with E-state index >= 15 is 0 Å². The molecule has 2 N–H and O–H groups in total. The van der Waals surface area contributed by atoms with Gasteiger partial charge in [-0.3, -0.25) is 4.79 Å². The molecule has 1 saturated heterocycles. The third-order valence-corrected chi connectivity index (χ3v) is 10.2. The highest BCUT2D eigenvalue weighted by atomic mass is 32.2. The summed E-state index contributed by atoms with van der Waals surface area (Å²) in [6, 6.07) is -2.36. The Morgan fingerprint density at radius 1 is 1.09 bits per heavy atom. The molecule has 1 heterocycles. The monoisotopic (exact) mass is 485 g/mol. The zero-order valence-corrected chi connectivity index (χ0v) is 22.1. The molecule has 9 heteroatoms. The lowest BCUT2D eigenvalue weighted by Gasteiger charge is -2.38. The molecule has 1 aliphatic heterocycles. The summed E-state index contributed by atoms with van der Waals surface area (Å²) < 4.78 is 25.3. The van der Waals surface area contributed by atoms with E-state index in [0.717, 1.165) is 25.5 Å². The molecule has 2 aliphatic rings. The first-order valence-corrected chi connectivity index (χ1v) is 13.7. The lowest BCUT2D eigenvalue weighted by Crippen LogP contribution is -2.60. The zero-order valence-electron chi connectivity index (χ0n) is 21.3. The summed E-state index contributed by atoms with van der Waals surface area (Å²) in [5.41, 5.74) is -0.588. The maximum Gasteiger partial charge on any atom is 0.315 e. The van der Waals surface area contributed by atoms with E-state index in [-0.39, 0.29) is 11.8 Å². The van der Waals surface area contributed by atoms with Crippen molar-refractivity contribution >= 4 is 28.1 Å². The highest BCUT2D eigenvalue weighted by molar-refractivity contribution is 7.93. The molecule has 1 saturated carbocycles. The Labute approximate surface area is 199 Å². The molecule has 2 fully saturated rings. The number of amides is 3. The van der Waals surface area contributed by atoms with Gasteiger partial charge in [0, 0.05) is 12.6 Å². The van der Waals surface area contributed by atoms with Gasteiger partial charge in [-0.2, -0.15) is 0 Å². The van der Waals surface area contributed by atoms with Crippen LogP contribution in [0.2, 0.25) is 0 Å². The van der Waals surface area contributed by atoms with Gasteiger partial charge in [0.25, 0.3) is 0 Å². The van der Waals surface area contributed by atoms with Crippen molar-refractivity contribution in [2.45, 2.75) is 115 Å². The van der Waals surface area contributed by atoms with Crippen LogP contribution in [0, 0.1) is 11.3 Å². The number of nitrogens with one attached hydrogen (secondary N) is 2. The van der Waals surface area contributed by atoms with Gasteiger partial charge in [-0.25, -0.2) is 13.2 Å². The normalized spacial score (nSPS) is 27.7. The average molecular weight is 486 g/mol. The number of rotatable bonds is 6. The lowest BCUT2D eigenvalue weighted by molar-refractivity contribution is -0.138. The second kappa shape index (κ2) is 10.3. The molecule has 2 rings (SSSR count). The Morgan fingerprint density at radius 2 is 1.70 bits per heavy atom. The number of hydrogen-bond acceptors (Lipinski definition) is 5. The Bertz CT molecular complexity index is 828. The Morgan fingerprint density at radius 3 is 2.21 bits per heavy atom. The van der Waals surface area contributed by atoms with Gasteiger partial charge >= 0.3 is 6.03 Å². The van der Waals surface area contributed by atoms with Crippen LogP contribution in [0.15, 0.2) is 0 Å². The van der Waals surface area contributed by atoms with Gasteiger partial charge in [0.1, 0.15) is 12.3 Å². The molecular weight excluding hydrogens is 442 g/mol. The van der Waals surface area contributed by atoms with Gasteiger partial charge < -0.3 is 20.3 Å². The minimum atomic E-state index is -3.46. The van der Waals surface area contributed by atoms with Crippen molar-refractivity contribution in [3.63, 3.8) is 0 Å². The maximum atomic E-state index is 13.4. The number of urea groups is 1. The second-order valence-electron chi connectivity index (χ2n) is 11.7. The van der Waals surface area contributed by atoms with Crippen LogP contribution in [0.25, 0.3) is 0 Å². The van der Waals surface area contributed by atoms with Gasteiger partial charge in [-0.1, -0.05) is 47.0 Å². The number of likely N-dealkylation sites (tertiary alicyclic amines) is 1. The number of nitrogens with zero attached hydrogens (tertiary/aromatic N) is 1. The smallest absolute Gasteiger partial charge is 0.315 e. The largest absolute Gasteiger partial charge is 0.334 e. The molecule has 0 bridgehead atoms. The van der Waals surface area contributed by atoms with E-state index in [9.17, 15) is 22.8 Å². The molecule has 0 aromatic heterocycles. The molecule has 5 atom stereocenters. The van der Waals surface area contributed by atoms with Crippen molar-refractivity contribution in [3.8, 4) is 0 Å². The molecule has 8 nitrogen and oxygen atoms in total. The molecule has 0 radical (unpaired) electrons. The topological polar surface area (TPSA) is 113 Å². The van der Waals surface area contributed by atoms with Crippen molar-refractivity contribution in [3.05, 3.63) is 0 Å². The van der Waals surface area contributed by atoms with E-state index in [1.165, 1.54) is 0 Å². The fourth-order valence-electron chi connectivity index (χ4n) is 4.88. The maximum absolute atomic E-state index is 13.4. The highest BCUT2D eigenvalue weighted by Crippen LogP contribution is 2.32. The predicted octanol–water partition coefficient (Wildman–Crippen LogP) is 3.05. The Kier molecular flexibility index (Phi) is 8.63. The highest BCUT2D eigenvalue weighted by Gasteiger charge is 2.45. The van der Waals surface area contributed by atoms with Crippen LogP contribution in [0.5, 0.6) is 0 Å². The van der Waals surface area contributed by atoms with E-state index in [4.69, 9.17) is 0 Å². The van der Waals surface area contributed by atoms with E-state index in [1.807, 2.05) is 27.7 Å². The van der Waals surface area contributed by atoms with Gasteiger partial charge in [-0.05, 0) is 51.4 Å². The van der Waals surface area contributed by atoms with Gasteiger partial charge in [0.2, 0.25) is 5.91 Å². The molecule has 190 valence electrons. The van der Waals surface area contributed by atoms with Crippen molar-refractivity contribution in [1.29, 1.82) is 0 Å². The van der Waals surface area contributed by atoms with Gasteiger partial charge in [-0.15, -0.1) is 0 Å². The summed E-state index contributed by atoms with van der Waals surface area (Å²) in [6.07, 6.45) is 5.09. The minimum absolute atomic E-state index is 0.268. The van der Waals surface area contributed by atoms with Crippen LogP contribution in [0.4, 0.5) is 4.79 Å². The van der Waals surface area contributed by atoms with E-state index in [0.29, 0.717) is 25.8 Å². The number of carbonyl (C=O) groups is 3. The molecule has 3 amide bonds. The van der Waals surface area contributed by atoms with Crippen molar-refractivity contribution in [1.82, 2.24) is 15.5 Å². The zero-order chi connectivity index (χ0) is 25.2. The average Bonchev–Trinajstić information content (AvgIpc) is 3.14.